The summed E-state index contributed by atoms with van der Waals surface area (Å²) in [6.07, 6.45) is 3.12. The molecule has 0 aliphatic carbocycles. The highest BCUT2D eigenvalue weighted by Crippen LogP contribution is 2.03. The molecule has 3 nitrogen and oxygen atoms in total. The summed E-state index contributed by atoms with van der Waals surface area (Å²) in [4.78, 5) is 0. The van der Waals surface area contributed by atoms with Crippen LogP contribution in [0.3, 0.4) is 0 Å². The molecule has 1 aromatic heterocycles. The Bertz CT molecular complexity index is 342. The molecule has 0 radical (unpaired) electrons. The smallest absolute Gasteiger partial charge is 0.216 e. The fraction of sp³-hybridized carbons (Fsp3) is 0.200. The fourth-order valence-corrected chi connectivity index (χ4v) is 1.20. The minimum absolute atomic E-state index is 0.698. The van der Waals surface area contributed by atoms with Crippen molar-refractivity contribution in [2.24, 2.45) is 0 Å². The summed E-state index contributed by atoms with van der Waals surface area (Å²) in [6.45, 7) is 0. The molecule has 3 heteroatoms. The highest BCUT2D eigenvalue weighted by molar-refractivity contribution is 5.15. The van der Waals surface area contributed by atoms with Crippen molar-refractivity contribution in [2.45, 2.75) is 12.8 Å². The SMILES string of the molecule is c1ccc(CCc2nnco2)cc1. The monoisotopic (exact) mass is 174 g/mol. The van der Waals surface area contributed by atoms with Crippen molar-refractivity contribution < 1.29 is 4.42 Å². The first kappa shape index (κ1) is 7.98. The van der Waals surface area contributed by atoms with E-state index in [4.69, 9.17) is 4.42 Å². The van der Waals surface area contributed by atoms with Gasteiger partial charge in [0.25, 0.3) is 0 Å². The van der Waals surface area contributed by atoms with Crippen molar-refractivity contribution in [2.75, 3.05) is 0 Å². The summed E-state index contributed by atoms with van der Waals surface area (Å²) in [5.74, 6) is 0.698. The summed E-state index contributed by atoms with van der Waals surface area (Å²) in [5.41, 5.74) is 1.29. The molecule has 1 heterocycles. The lowest BCUT2D eigenvalue weighted by Gasteiger charge is -1.96. The largest absolute Gasteiger partial charge is 0.428 e. The molecule has 66 valence electrons. The number of hydrogen-bond acceptors (Lipinski definition) is 3. The second kappa shape index (κ2) is 3.85. The first-order valence-electron chi connectivity index (χ1n) is 4.24. The van der Waals surface area contributed by atoms with Crippen LogP contribution in [0.15, 0.2) is 41.1 Å². The molecule has 0 aliphatic heterocycles. The first-order chi connectivity index (χ1) is 6.45. The lowest BCUT2D eigenvalue weighted by molar-refractivity contribution is 0.492. The summed E-state index contributed by atoms with van der Waals surface area (Å²) in [6, 6.07) is 10.3. The normalized spacial score (nSPS) is 10.2. The van der Waals surface area contributed by atoms with E-state index in [1.54, 1.807) is 0 Å². The quantitative estimate of drug-likeness (QED) is 0.712. The number of nitrogens with zero attached hydrogens (tertiary/aromatic N) is 2. The van der Waals surface area contributed by atoms with Crippen molar-refractivity contribution in [1.29, 1.82) is 0 Å². The lowest BCUT2D eigenvalue weighted by atomic mass is 10.1. The number of aromatic nitrogens is 2. The predicted molar refractivity (Wildman–Crippen MR) is 48.1 cm³/mol. The Balaban J connectivity index is 1.94. The van der Waals surface area contributed by atoms with E-state index < -0.39 is 0 Å². The average molecular weight is 174 g/mol. The third-order valence-corrected chi connectivity index (χ3v) is 1.88. The van der Waals surface area contributed by atoms with Crippen LogP contribution in [0.2, 0.25) is 0 Å². The fourth-order valence-electron chi connectivity index (χ4n) is 1.20. The van der Waals surface area contributed by atoms with Gasteiger partial charge in [0.15, 0.2) is 0 Å². The zero-order valence-corrected chi connectivity index (χ0v) is 7.18. The van der Waals surface area contributed by atoms with Crippen LogP contribution in [0.4, 0.5) is 0 Å². The van der Waals surface area contributed by atoms with E-state index in [9.17, 15) is 0 Å². The molecule has 0 spiro atoms. The zero-order chi connectivity index (χ0) is 8.93. The summed E-state index contributed by atoms with van der Waals surface area (Å²) in [5, 5.41) is 7.43. The molecular formula is C10H10N2O. The van der Waals surface area contributed by atoms with Gasteiger partial charge in [0.2, 0.25) is 12.3 Å². The van der Waals surface area contributed by atoms with E-state index in [1.807, 2.05) is 18.2 Å². The topological polar surface area (TPSA) is 38.9 Å². The Morgan fingerprint density at radius 2 is 1.92 bits per heavy atom. The second-order valence-electron chi connectivity index (χ2n) is 2.82. The molecule has 0 fully saturated rings. The van der Waals surface area contributed by atoms with Gasteiger partial charge in [-0.1, -0.05) is 30.3 Å². The summed E-state index contributed by atoms with van der Waals surface area (Å²) < 4.78 is 5.03. The molecule has 0 amide bonds. The van der Waals surface area contributed by atoms with Gasteiger partial charge in [0, 0.05) is 6.42 Å². The predicted octanol–water partition coefficient (Wildman–Crippen LogP) is 1.85. The van der Waals surface area contributed by atoms with Crippen LogP contribution in [-0.2, 0) is 12.8 Å². The minimum atomic E-state index is 0.698. The van der Waals surface area contributed by atoms with Gasteiger partial charge < -0.3 is 4.42 Å². The molecule has 13 heavy (non-hydrogen) atoms. The number of rotatable bonds is 3. The average Bonchev–Trinajstić information content (AvgIpc) is 2.69. The van der Waals surface area contributed by atoms with Gasteiger partial charge in [-0.2, -0.15) is 0 Å². The number of benzene rings is 1. The Morgan fingerprint density at radius 1 is 1.08 bits per heavy atom. The van der Waals surface area contributed by atoms with Crippen molar-refractivity contribution in [3.8, 4) is 0 Å². The third kappa shape index (κ3) is 2.15. The van der Waals surface area contributed by atoms with Crippen molar-refractivity contribution in [3.05, 3.63) is 48.2 Å². The lowest BCUT2D eigenvalue weighted by Crippen LogP contribution is -1.90. The van der Waals surface area contributed by atoms with Crippen molar-refractivity contribution >= 4 is 0 Å². The molecule has 0 N–H and O–H groups in total. The van der Waals surface area contributed by atoms with Gasteiger partial charge in [-0.15, -0.1) is 10.2 Å². The number of hydrogen-bond donors (Lipinski definition) is 0. The molecule has 0 saturated carbocycles. The van der Waals surface area contributed by atoms with Crippen molar-refractivity contribution in [1.82, 2.24) is 10.2 Å². The molecule has 0 bridgehead atoms. The van der Waals surface area contributed by atoms with E-state index in [0.717, 1.165) is 12.8 Å². The van der Waals surface area contributed by atoms with E-state index >= 15 is 0 Å². The van der Waals surface area contributed by atoms with Gasteiger partial charge in [0.05, 0.1) is 0 Å². The molecule has 0 unspecified atom stereocenters. The van der Waals surface area contributed by atoms with Gasteiger partial charge in [0.1, 0.15) is 0 Å². The van der Waals surface area contributed by atoms with E-state index in [-0.39, 0.29) is 0 Å². The summed E-state index contributed by atoms with van der Waals surface area (Å²) in [7, 11) is 0. The van der Waals surface area contributed by atoms with Gasteiger partial charge in [-0.3, -0.25) is 0 Å². The van der Waals surface area contributed by atoms with Crippen LogP contribution >= 0.6 is 0 Å². The minimum Gasteiger partial charge on any atom is -0.428 e. The zero-order valence-electron chi connectivity index (χ0n) is 7.18. The maximum atomic E-state index is 5.03. The highest BCUT2D eigenvalue weighted by atomic mass is 16.4. The Kier molecular flexibility index (Phi) is 2.36. The molecule has 2 rings (SSSR count). The standard InChI is InChI=1S/C10H10N2O/c1-2-4-9(5-3-1)6-7-10-12-11-8-13-10/h1-5,8H,6-7H2. The van der Waals surface area contributed by atoms with Gasteiger partial charge in [-0.05, 0) is 12.0 Å². The van der Waals surface area contributed by atoms with Crippen LogP contribution in [0, 0.1) is 0 Å². The molecule has 0 atom stereocenters. The molecule has 0 aliphatic rings. The van der Waals surface area contributed by atoms with Crippen LogP contribution in [0.5, 0.6) is 0 Å². The summed E-state index contributed by atoms with van der Waals surface area (Å²) >= 11 is 0. The maximum Gasteiger partial charge on any atom is 0.216 e. The van der Waals surface area contributed by atoms with Gasteiger partial charge in [-0.25, -0.2) is 0 Å². The maximum absolute atomic E-state index is 5.03. The molecule has 2 aromatic rings. The van der Waals surface area contributed by atoms with Crippen LogP contribution in [-0.4, -0.2) is 10.2 Å². The van der Waals surface area contributed by atoms with E-state index in [2.05, 4.69) is 22.3 Å². The third-order valence-electron chi connectivity index (χ3n) is 1.88. The van der Waals surface area contributed by atoms with E-state index in [1.165, 1.54) is 12.0 Å². The first-order valence-corrected chi connectivity index (χ1v) is 4.24. The molecular weight excluding hydrogens is 164 g/mol. The van der Waals surface area contributed by atoms with Gasteiger partial charge >= 0.3 is 0 Å². The Hall–Kier alpha value is -1.64. The van der Waals surface area contributed by atoms with Crippen molar-refractivity contribution in [3.63, 3.8) is 0 Å². The Labute approximate surface area is 76.4 Å². The Morgan fingerprint density at radius 3 is 2.62 bits per heavy atom. The van der Waals surface area contributed by atoms with Crippen LogP contribution in [0.1, 0.15) is 11.5 Å². The van der Waals surface area contributed by atoms with E-state index in [0.29, 0.717) is 5.89 Å². The van der Waals surface area contributed by atoms with Crippen LogP contribution in [0.25, 0.3) is 0 Å². The molecule has 0 saturated heterocycles. The second-order valence-corrected chi connectivity index (χ2v) is 2.82. The highest BCUT2D eigenvalue weighted by Gasteiger charge is 1.98. The number of aryl methyl sites for hydroxylation is 2. The van der Waals surface area contributed by atoms with Crippen LogP contribution < -0.4 is 0 Å². The molecule has 1 aromatic carbocycles.